The quantitative estimate of drug-likeness (QED) is 0.690. The van der Waals surface area contributed by atoms with Crippen molar-refractivity contribution in [3.63, 3.8) is 0 Å². The Labute approximate surface area is 86.9 Å². The van der Waals surface area contributed by atoms with E-state index in [9.17, 15) is 4.79 Å². The van der Waals surface area contributed by atoms with Crippen molar-refractivity contribution in [3.8, 4) is 0 Å². The summed E-state index contributed by atoms with van der Waals surface area (Å²) in [4.78, 5) is 14.1. The topological polar surface area (TPSA) is 32.3 Å². The second kappa shape index (κ2) is 3.23. The lowest BCUT2D eigenvalue weighted by atomic mass is 9.89. The molecule has 82 valence electrons. The fourth-order valence-corrected chi connectivity index (χ4v) is 2.08. The third-order valence-corrected chi connectivity index (χ3v) is 2.91. The maximum absolute atomic E-state index is 11.9. The van der Waals surface area contributed by atoms with Crippen molar-refractivity contribution in [2.24, 2.45) is 0 Å². The van der Waals surface area contributed by atoms with E-state index in [0.29, 0.717) is 6.04 Å². The highest BCUT2D eigenvalue weighted by Crippen LogP contribution is 2.26. The van der Waals surface area contributed by atoms with Gasteiger partial charge in [0.2, 0.25) is 5.91 Å². The SMILES string of the molecule is CC(C)N1CC(C)(C)NC(=O)C1(C)C. The van der Waals surface area contributed by atoms with Crippen LogP contribution in [0.5, 0.6) is 0 Å². The molecule has 1 fully saturated rings. The molecule has 0 aromatic carbocycles. The first-order chi connectivity index (χ1) is 6.17. The molecule has 0 spiro atoms. The Morgan fingerprint density at radius 2 is 1.79 bits per heavy atom. The fourth-order valence-electron chi connectivity index (χ4n) is 2.08. The molecule has 1 rings (SSSR count). The Morgan fingerprint density at radius 3 is 2.21 bits per heavy atom. The van der Waals surface area contributed by atoms with Gasteiger partial charge in [-0.25, -0.2) is 0 Å². The molecule has 1 aliphatic rings. The van der Waals surface area contributed by atoms with Gasteiger partial charge < -0.3 is 5.32 Å². The maximum Gasteiger partial charge on any atom is 0.240 e. The summed E-state index contributed by atoms with van der Waals surface area (Å²) >= 11 is 0. The van der Waals surface area contributed by atoms with Crippen molar-refractivity contribution in [1.82, 2.24) is 10.2 Å². The van der Waals surface area contributed by atoms with Crippen LogP contribution >= 0.6 is 0 Å². The van der Waals surface area contributed by atoms with E-state index in [1.807, 2.05) is 13.8 Å². The summed E-state index contributed by atoms with van der Waals surface area (Å²) in [6.45, 7) is 13.3. The van der Waals surface area contributed by atoms with Gasteiger partial charge in [-0.1, -0.05) is 0 Å². The van der Waals surface area contributed by atoms with Crippen molar-refractivity contribution >= 4 is 5.91 Å². The molecule has 0 aromatic heterocycles. The molecule has 0 atom stereocenters. The first-order valence-electron chi connectivity index (χ1n) is 5.26. The van der Waals surface area contributed by atoms with Crippen molar-refractivity contribution < 1.29 is 4.79 Å². The van der Waals surface area contributed by atoms with E-state index >= 15 is 0 Å². The average Bonchev–Trinajstić information content (AvgIpc) is 1.96. The average molecular weight is 198 g/mol. The van der Waals surface area contributed by atoms with Gasteiger partial charge in [-0.05, 0) is 41.5 Å². The van der Waals surface area contributed by atoms with Gasteiger partial charge in [0.15, 0.2) is 0 Å². The van der Waals surface area contributed by atoms with Crippen LogP contribution in [-0.2, 0) is 4.79 Å². The zero-order valence-corrected chi connectivity index (χ0v) is 10.1. The molecule has 0 aliphatic carbocycles. The summed E-state index contributed by atoms with van der Waals surface area (Å²) in [6, 6.07) is 0.398. The van der Waals surface area contributed by atoms with Crippen LogP contribution in [0.1, 0.15) is 41.5 Å². The van der Waals surface area contributed by atoms with Gasteiger partial charge in [-0.15, -0.1) is 0 Å². The molecule has 1 amide bonds. The van der Waals surface area contributed by atoms with Crippen LogP contribution in [0.25, 0.3) is 0 Å². The molecule has 3 nitrogen and oxygen atoms in total. The number of piperazine rings is 1. The lowest BCUT2D eigenvalue weighted by Gasteiger charge is -2.50. The summed E-state index contributed by atoms with van der Waals surface area (Å²) in [5.41, 5.74) is -0.499. The minimum absolute atomic E-state index is 0.114. The van der Waals surface area contributed by atoms with Crippen LogP contribution in [0.3, 0.4) is 0 Å². The fraction of sp³-hybridized carbons (Fsp3) is 0.909. The summed E-state index contributed by atoms with van der Waals surface area (Å²) in [5.74, 6) is 0.127. The van der Waals surface area contributed by atoms with Gasteiger partial charge in [0.25, 0.3) is 0 Å². The molecule has 1 N–H and O–H groups in total. The Hall–Kier alpha value is -0.570. The Morgan fingerprint density at radius 1 is 1.29 bits per heavy atom. The largest absolute Gasteiger partial charge is 0.348 e. The first-order valence-corrected chi connectivity index (χ1v) is 5.26. The van der Waals surface area contributed by atoms with Gasteiger partial charge in [0, 0.05) is 18.1 Å². The highest BCUT2D eigenvalue weighted by molar-refractivity contribution is 5.87. The van der Waals surface area contributed by atoms with Crippen LogP contribution in [-0.4, -0.2) is 34.5 Å². The van der Waals surface area contributed by atoms with Gasteiger partial charge >= 0.3 is 0 Å². The third-order valence-electron chi connectivity index (χ3n) is 2.91. The number of hydrogen-bond acceptors (Lipinski definition) is 2. The molecule has 14 heavy (non-hydrogen) atoms. The highest BCUT2D eigenvalue weighted by Gasteiger charge is 2.44. The normalized spacial score (nSPS) is 26.4. The minimum Gasteiger partial charge on any atom is -0.348 e. The summed E-state index contributed by atoms with van der Waals surface area (Å²) < 4.78 is 0. The van der Waals surface area contributed by atoms with Crippen LogP contribution in [0.4, 0.5) is 0 Å². The van der Waals surface area contributed by atoms with Crippen molar-refractivity contribution in [2.45, 2.75) is 58.7 Å². The van der Waals surface area contributed by atoms with E-state index in [1.165, 1.54) is 0 Å². The van der Waals surface area contributed by atoms with E-state index in [-0.39, 0.29) is 17.0 Å². The second-order valence-electron chi connectivity index (χ2n) is 5.62. The Kier molecular flexibility index (Phi) is 2.65. The van der Waals surface area contributed by atoms with Crippen molar-refractivity contribution in [1.29, 1.82) is 0 Å². The Bertz CT molecular complexity index is 244. The number of hydrogen-bond donors (Lipinski definition) is 1. The van der Waals surface area contributed by atoms with E-state index in [4.69, 9.17) is 0 Å². The lowest BCUT2D eigenvalue weighted by molar-refractivity contribution is -0.141. The molecule has 0 unspecified atom stereocenters. The van der Waals surface area contributed by atoms with Gasteiger partial charge in [0.05, 0.1) is 5.54 Å². The van der Waals surface area contributed by atoms with E-state index in [2.05, 4.69) is 37.9 Å². The predicted octanol–water partition coefficient (Wildman–Crippen LogP) is 1.38. The summed E-state index contributed by atoms with van der Waals surface area (Å²) in [5, 5.41) is 3.05. The number of nitrogens with zero attached hydrogens (tertiary/aromatic N) is 1. The summed E-state index contributed by atoms with van der Waals surface area (Å²) in [6.07, 6.45) is 0. The molecule has 1 aliphatic heterocycles. The van der Waals surface area contributed by atoms with E-state index in [0.717, 1.165) is 6.54 Å². The third kappa shape index (κ3) is 1.92. The molecule has 0 bridgehead atoms. The van der Waals surface area contributed by atoms with Gasteiger partial charge in [-0.3, -0.25) is 9.69 Å². The van der Waals surface area contributed by atoms with Crippen LogP contribution in [0.2, 0.25) is 0 Å². The van der Waals surface area contributed by atoms with Gasteiger partial charge in [0.1, 0.15) is 0 Å². The smallest absolute Gasteiger partial charge is 0.240 e. The van der Waals surface area contributed by atoms with E-state index in [1.54, 1.807) is 0 Å². The number of rotatable bonds is 1. The first kappa shape index (κ1) is 11.5. The highest BCUT2D eigenvalue weighted by atomic mass is 16.2. The van der Waals surface area contributed by atoms with Crippen molar-refractivity contribution in [2.75, 3.05) is 6.54 Å². The molecule has 1 heterocycles. The van der Waals surface area contributed by atoms with Crippen LogP contribution < -0.4 is 5.32 Å². The van der Waals surface area contributed by atoms with Crippen LogP contribution in [0, 0.1) is 0 Å². The number of amides is 1. The monoisotopic (exact) mass is 198 g/mol. The molecule has 3 heteroatoms. The molecule has 0 radical (unpaired) electrons. The van der Waals surface area contributed by atoms with E-state index < -0.39 is 0 Å². The van der Waals surface area contributed by atoms with Gasteiger partial charge in [-0.2, -0.15) is 0 Å². The maximum atomic E-state index is 11.9. The van der Waals surface area contributed by atoms with Crippen LogP contribution in [0.15, 0.2) is 0 Å². The number of nitrogens with one attached hydrogen (secondary N) is 1. The zero-order chi connectivity index (χ0) is 11.1. The second-order valence-corrected chi connectivity index (χ2v) is 5.62. The van der Waals surface area contributed by atoms with Crippen molar-refractivity contribution in [3.05, 3.63) is 0 Å². The number of carbonyl (C=O) groups is 1. The standard InChI is InChI=1S/C11H22N2O/c1-8(2)13-7-10(3,4)12-9(14)11(13,5)6/h8H,7H2,1-6H3,(H,12,14). The zero-order valence-electron chi connectivity index (χ0n) is 10.1. The molecular formula is C11H22N2O. The molecular weight excluding hydrogens is 176 g/mol. The lowest BCUT2D eigenvalue weighted by Crippen LogP contribution is -2.70. The molecule has 0 saturated carbocycles. The summed E-state index contributed by atoms with van der Waals surface area (Å²) in [7, 11) is 0. The number of carbonyl (C=O) groups excluding carboxylic acids is 1. The minimum atomic E-state index is -0.385. The molecule has 1 saturated heterocycles. The predicted molar refractivity (Wildman–Crippen MR) is 58.1 cm³/mol. The molecule has 0 aromatic rings. The Balaban J connectivity index is 2.96.